The Bertz CT molecular complexity index is 458. The topological polar surface area (TPSA) is 105 Å². The van der Waals surface area contributed by atoms with Crippen LogP contribution in [-0.4, -0.2) is 25.1 Å². The number of methoxy groups -OCH3 is 2. The van der Waals surface area contributed by atoms with Crippen LogP contribution in [0.25, 0.3) is 0 Å². The number of carbonyl (C=O) groups excluding carboxylic acids is 1. The molecular formula is C10H12N2O5. The highest BCUT2D eigenvalue weighted by atomic mass is 16.6. The molecule has 7 nitrogen and oxygen atoms in total. The van der Waals surface area contributed by atoms with Gasteiger partial charge in [0.25, 0.3) is 5.69 Å². The number of esters is 1. The van der Waals surface area contributed by atoms with Gasteiger partial charge in [-0.25, -0.2) is 0 Å². The van der Waals surface area contributed by atoms with Crippen LogP contribution >= 0.6 is 0 Å². The van der Waals surface area contributed by atoms with Crippen molar-refractivity contribution in [2.75, 3.05) is 20.0 Å². The fourth-order valence-corrected chi connectivity index (χ4v) is 1.38. The molecule has 0 saturated carbocycles. The molecule has 0 amide bonds. The largest absolute Gasteiger partial charge is 0.496 e. The maximum absolute atomic E-state index is 11.2. The third-order valence-electron chi connectivity index (χ3n) is 2.26. The molecule has 0 spiro atoms. The smallest absolute Gasteiger partial charge is 0.310 e. The molecule has 7 heteroatoms. The van der Waals surface area contributed by atoms with Crippen molar-refractivity contribution in [3.05, 3.63) is 27.8 Å². The highest BCUT2D eigenvalue weighted by Crippen LogP contribution is 2.33. The lowest BCUT2D eigenvalue weighted by Crippen LogP contribution is -2.09. The number of anilines is 1. The summed E-state index contributed by atoms with van der Waals surface area (Å²) in [6, 6.07) is 2.63. The van der Waals surface area contributed by atoms with Gasteiger partial charge < -0.3 is 15.2 Å². The van der Waals surface area contributed by atoms with Gasteiger partial charge in [-0.3, -0.25) is 14.9 Å². The van der Waals surface area contributed by atoms with E-state index in [0.29, 0.717) is 5.75 Å². The average Bonchev–Trinajstić information content (AvgIpc) is 2.30. The number of nitro groups is 1. The fourth-order valence-electron chi connectivity index (χ4n) is 1.38. The van der Waals surface area contributed by atoms with Crippen molar-refractivity contribution in [2.45, 2.75) is 6.42 Å². The van der Waals surface area contributed by atoms with Crippen molar-refractivity contribution >= 4 is 17.3 Å². The maximum Gasteiger partial charge on any atom is 0.310 e. The Labute approximate surface area is 97.3 Å². The Balaban J connectivity index is 3.27. The summed E-state index contributed by atoms with van der Waals surface area (Å²) < 4.78 is 9.48. The molecule has 0 saturated heterocycles. The minimum absolute atomic E-state index is 0.0836. The molecule has 92 valence electrons. The summed E-state index contributed by atoms with van der Waals surface area (Å²) >= 11 is 0. The molecule has 17 heavy (non-hydrogen) atoms. The number of nitrogens with two attached hydrogens (primary N) is 1. The minimum Gasteiger partial charge on any atom is -0.496 e. The standard InChI is InChI=1S/C10H12N2O5/c1-16-8-4-3-7(12(14)15)10(11)6(8)5-9(13)17-2/h3-4H,5,11H2,1-2H3. The number of nitrogen functional groups attached to an aromatic ring is 1. The lowest BCUT2D eigenvalue weighted by atomic mass is 10.1. The van der Waals surface area contributed by atoms with Crippen molar-refractivity contribution in [1.29, 1.82) is 0 Å². The van der Waals surface area contributed by atoms with Crippen molar-refractivity contribution in [3.8, 4) is 5.75 Å². The number of rotatable bonds is 4. The van der Waals surface area contributed by atoms with E-state index in [-0.39, 0.29) is 23.4 Å². The van der Waals surface area contributed by atoms with E-state index in [4.69, 9.17) is 10.5 Å². The zero-order valence-corrected chi connectivity index (χ0v) is 9.43. The average molecular weight is 240 g/mol. The molecule has 0 fully saturated rings. The van der Waals surface area contributed by atoms with E-state index >= 15 is 0 Å². The van der Waals surface area contributed by atoms with Gasteiger partial charge in [-0.15, -0.1) is 0 Å². The first-order valence-corrected chi connectivity index (χ1v) is 4.67. The van der Waals surface area contributed by atoms with Crippen LogP contribution in [0.2, 0.25) is 0 Å². The second kappa shape index (κ2) is 5.15. The Hall–Kier alpha value is -2.31. The number of hydrogen-bond acceptors (Lipinski definition) is 6. The molecule has 1 aromatic carbocycles. The molecule has 0 unspecified atom stereocenters. The number of carbonyl (C=O) groups is 1. The Morgan fingerprint density at radius 3 is 2.59 bits per heavy atom. The van der Waals surface area contributed by atoms with Gasteiger partial charge in [0.2, 0.25) is 0 Å². The monoisotopic (exact) mass is 240 g/mol. The second-order valence-electron chi connectivity index (χ2n) is 3.19. The van der Waals surface area contributed by atoms with Gasteiger partial charge in [0.15, 0.2) is 0 Å². The van der Waals surface area contributed by atoms with Gasteiger partial charge in [0.05, 0.1) is 25.6 Å². The first kappa shape index (κ1) is 12.8. The van der Waals surface area contributed by atoms with Crippen molar-refractivity contribution in [3.63, 3.8) is 0 Å². The van der Waals surface area contributed by atoms with Crippen molar-refractivity contribution in [2.24, 2.45) is 0 Å². The van der Waals surface area contributed by atoms with Gasteiger partial charge in [-0.05, 0) is 6.07 Å². The predicted octanol–water partition coefficient (Wildman–Crippen LogP) is 0.901. The SMILES string of the molecule is COC(=O)Cc1c(OC)ccc([N+](=O)[O-])c1N. The zero-order valence-electron chi connectivity index (χ0n) is 9.43. The summed E-state index contributed by atoms with van der Waals surface area (Å²) in [7, 11) is 2.61. The van der Waals surface area contributed by atoms with Crippen LogP contribution in [0.4, 0.5) is 11.4 Å². The summed E-state index contributed by atoms with van der Waals surface area (Å²) in [5, 5.41) is 10.7. The van der Waals surface area contributed by atoms with Gasteiger partial charge in [-0.1, -0.05) is 0 Å². The molecule has 0 aromatic heterocycles. The van der Waals surface area contributed by atoms with E-state index in [9.17, 15) is 14.9 Å². The first-order valence-electron chi connectivity index (χ1n) is 4.67. The van der Waals surface area contributed by atoms with Gasteiger partial charge in [-0.2, -0.15) is 0 Å². The summed E-state index contributed by atoms with van der Waals surface area (Å²) in [5.74, 6) is -0.228. The van der Waals surface area contributed by atoms with Crippen LogP contribution in [0.15, 0.2) is 12.1 Å². The molecule has 0 radical (unpaired) electrons. The molecule has 0 aliphatic heterocycles. The van der Waals surface area contributed by atoms with Gasteiger partial charge in [0.1, 0.15) is 11.4 Å². The van der Waals surface area contributed by atoms with Crippen LogP contribution in [0.1, 0.15) is 5.56 Å². The second-order valence-corrected chi connectivity index (χ2v) is 3.19. The van der Waals surface area contributed by atoms with E-state index in [1.165, 1.54) is 26.4 Å². The molecule has 0 atom stereocenters. The molecule has 0 aliphatic rings. The lowest BCUT2D eigenvalue weighted by molar-refractivity contribution is -0.384. The van der Waals surface area contributed by atoms with E-state index in [1.807, 2.05) is 0 Å². The first-order chi connectivity index (χ1) is 8.01. The lowest BCUT2D eigenvalue weighted by Gasteiger charge is -2.10. The van der Waals surface area contributed by atoms with Crippen LogP contribution < -0.4 is 10.5 Å². The summed E-state index contributed by atoms with van der Waals surface area (Å²) in [6.07, 6.45) is -0.173. The van der Waals surface area contributed by atoms with E-state index < -0.39 is 10.9 Å². The predicted molar refractivity (Wildman–Crippen MR) is 59.8 cm³/mol. The van der Waals surface area contributed by atoms with E-state index in [0.717, 1.165) is 0 Å². The summed E-state index contributed by atoms with van der Waals surface area (Å²) in [5.41, 5.74) is 5.55. The highest BCUT2D eigenvalue weighted by molar-refractivity contribution is 5.79. The van der Waals surface area contributed by atoms with Crippen LogP contribution in [0, 0.1) is 10.1 Å². The van der Waals surface area contributed by atoms with Crippen LogP contribution in [-0.2, 0) is 16.0 Å². The van der Waals surface area contributed by atoms with E-state index in [2.05, 4.69) is 4.74 Å². The third kappa shape index (κ3) is 2.63. The van der Waals surface area contributed by atoms with E-state index in [1.54, 1.807) is 0 Å². The maximum atomic E-state index is 11.2. The molecule has 1 aromatic rings. The van der Waals surface area contributed by atoms with Crippen molar-refractivity contribution < 1.29 is 19.2 Å². The molecule has 0 aliphatic carbocycles. The minimum atomic E-state index is -0.616. The van der Waals surface area contributed by atoms with Gasteiger partial charge >= 0.3 is 5.97 Å². The number of nitrogens with zero attached hydrogens (tertiary/aromatic N) is 1. The normalized spacial score (nSPS) is 9.76. The summed E-state index contributed by atoms with van der Waals surface area (Å²) in [4.78, 5) is 21.3. The molecule has 0 bridgehead atoms. The van der Waals surface area contributed by atoms with Crippen molar-refractivity contribution in [1.82, 2.24) is 0 Å². The summed E-state index contributed by atoms with van der Waals surface area (Å²) in [6.45, 7) is 0. The highest BCUT2D eigenvalue weighted by Gasteiger charge is 2.21. The molecular weight excluding hydrogens is 228 g/mol. The molecule has 0 heterocycles. The molecule has 2 N–H and O–H groups in total. The van der Waals surface area contributed by atoms with Crippen LogP contribution in [0.3, 0.4) is 0 Å². The Morgan fingerprint density at radius 1 is 1.47 bits per heavy atom. The fraction of sp³-hybridized carbons (Fsp3) is 0.300. The molecule has 1 rings (SSSR count). The number of nitro benzene ring substituents is 1. The zero-order chi connectivity index (χ0) is 13.0. The quantitative estimate of drug-likeness (QED) is 0.363. The van der Waals surface area contributed by atoms with Crippen LogP contribution in [0.5, 0.6) is 5.75 Å². The Morgan fingerprint density at radius 2 is 2.12 bits per heavy atom. The Kier molecular flexibility index (Phi) is 3.86. The number of ether oxygens (including phenoxy) is 2. The van der Waals surface area contributed by atoms with Gasteiger partial charge in [0, 0.05) is 11.6 Å². The number of benzene rings is 1. The third-order valence-corrected chi connectivity index (χ3v) is 2.26. The number of hydrogen-bond donors (Lipinski definition) is 1.